The summed E-state index contributed by atoms with van der Waals surface area (Å²) in [7, 11) is 0. The number of nitrogens with zero attached hydrogens (tertiary/aromatic N) is 1. The zero-order chi connectivity index (χ0) is 7.72. The van der Waals surface area contributed by atoms with E-state index in [0.717, 1.165) is 0 Å². The number of rotatable bonds is 1. The maximum atomic E-state index is 12.4. The molecule has 1 heterocycles. The van der Waals surface area contributed by atoms with Gasteiger partial charge in [-0.15, -0.1) is 0 Å². The monoisotopic (exact) mass is 151 g/mol. The summed E-state index contributed by atoms with van der Waals surface area (Å²) in [5, 5.41) is 8.88. The van der Waals surface area contributed by atoms with Crippen LogP contribution < -0.4 is 0 Å². The van der Waals surface area contributed by atoms with E-state index in [2.05, 4.69) is 0 Å². The van der Waals surface area contributed by atoms with Crippen LogP contribution in [0.5, 0.6) is 0 Å². The van der Waals surface area contributed by atoms with E-state index in [4.69, 9.17) is 5.11 Å². The first-order valence-electron chi connectivity index (χ1n) is 3.31. The van der Waals surface area contributed by atoms with E-state index in [1.807, 2.05) is 0 Å². The predicted molar refractivity (Wildman–Crippen MR) is 33.0 cm³/mol. The van der Waals surface area contributed by atoms with E-state index >= 15 is 0 Å². The van der Waals surface area contributed by atoms with Crippen LogP contribution in [0.4, 0.5) is 8.78 Å². The van der Waals surface area contributed by atoms with Crippen molar-refractivity contribution in [2.45, 2.75) is 25.5 Å². The van der Waals surface area contributed by atoms with Crippen molar-refractivity contribution in [1.29, 1.82) is 0 Å². The van der Waals surface area contributed by atoms with Crippen molar-refractivity contribution in [3.8, 4) is 0 Å². The fourth-order valence-electron chi connectivity index (χ4n) is 1.06. The number of likely N-dealkylation sites (tertiary alicyclic amines) is 1. The largest absolute Gasteiger partial charge is 0.379 e. The van der Waals surface area contributed by atoms with E-state index in [1.165, 1.54) is 11.8 Å². The fourth-order valence-corrected chi connectivity index (χ4v) is 1.06. The quantitative estimate of drug-likeness (QED) is 0.583. The Morgan fingerprint density at radius 3 is 2.00 bits per heavy atom. The van der Waals surface area contributed by atoms with Crippen LogP contribution in [-0.2, 0) is 0 Å². The van der Waals surface area contributed by atoms with Gasteiger partial charge >= 0.3 is 0 Å². The molecule has 1 fully saturated rings. The molecule has 1 aliphatic rings. The minimum atomic E-state index is -1.42. The third kappa shape index (κ3) is 1.44. The van der Waals surface area contributed by atoms with Crippen molar-refractivity contribution in [3.63, 3.8) is 0 Å². The van der Waals surface area contributed by atoms with E-state index in [-0.39, 0.29) is 13.1 Å². The van der Waals surface area contributed by atoms with Gasteiger partial charge in [-0.2, -0.15) is 0 Å². The highest BCUT2D eigenvalue weighted by Gasteiger charge is 2.34. The van der Waals surface area contributed by atoms with Crippen molar-refractivity contribution < 1.29 is 13.9 Å². The third-order valence-corrected chi connectivity index (χ3v) is 1.74. The second kappa shape index (κ2) is 2.80. The molecule has 0 unspecified atom stereocenters. The van der Waals surface area contributed by atoms with Crippen molar-refractivity contribution in [2.75, 3.05) is 13.1 Å². The zero-order valence-corrected chi connectivity index (χ0v) is 5.80. The van der Waals surface area contributed by atoms with E-state index in [1.54, 1.807) is 0 Å². The highest BCUT2D eigenvalue weighted by molar-refractivity contribution is 4.84. The van der Waals surface area contributed by atoms with Crippen molar-refractivity contribution in [3.05, 3.63) is 0 Å². The zero-order valence-electron chi connectivity index (χ0n) is 5.80. The lowest BCUT2D eigenvalue weighted by molar-refractivity contribution is 0.0304. The van der Waals surface area contributed by atoms with Gasteiger partial charge in [0.05, 0.1) is 0 Å². The number of halogens is 2. The highest BCUT2D eigenvalue weighted by Crippen LogP contribution is 2.17. The molecule has 4 heteroatoms. The smallest absolute Gasteiger partial charge is 0.145 e. The Labute approximate surface area is 58.4 Å². The Morgan fingerprint density at radius 2 is 1.80 bits per heavy atom. The molecule has 0 radical (unpaired) electrons. The summed E-state index contributed by atoms with van der Waals surface area (Å²) in [6.07, 6.45) is -3.58. The van der Waals surface area contributed by atoms with Gasteiger partial charge < -0.3 is 5.11 Å². The first-order chi connectivity index (χ1) is 4.61. The predicted octanol–water partition coefficient (Wildman–Crippen LogP) is 0.316. The lowest BCUT2D eigenvalue weighted by Crippen LogP contribution is -2.30. The van der Waals surface area contributed by atoms with E-state index in [9.17, 15) is 8.78 Å². The standard InChI is InChI=1S/C6H11F2NO/c1-4(10)9-2-5(7)6(8)3-9/h4-6,10H,2-3H2,1H3/t4-,5+,6+/m0/s1. The van der Waals surface area contributed by atoms with E-state index in [0.29, 0.717) is 0 Å². The molecule has 0 aromatic heterocycles. The molecule has 0 aliphatic carbocycles. The van der Waals surface area contributed by atoms with Crippen LogP contribution in [-0.4, -0.2) is 41.7 Å². The molecule has 1 N–H and O–H groups in total. The number of hydrogen-bond acceptors (Lipinski definition) is 2. The van der Waals surface area contributed by atoms with Crippen molar-refractivity contribution in [1.82, 2.24) is 4.90 Å². The van der Waals surface area contributed by atoms with Gasteiger partial charge in [0.1, 0.15) is 18.6 Å². The van der Waals surface area contributed by atoms with Crippen molar-refractivity contribution in [2.24, 2.45) is 0 Å². The molecule has 60 valence electrons. The number of aliphatic hydroxyl groups excluding tert-OH is 1. The van der Waals surface area contributed by atoms with Gasteiger partial charge in [0, 0.05) is 13.1 Å². The fraction of sp³-hybridized carbons (Fsp3) is 1.00. The molecule has 0 amide bonds. The Kier molecular flexibility index (Phi) is 2.21. The van der Waals surface area contributed by atoms with Crippen LogP contribution in [0.25, 0.3) is 0 Å². The van der Waals surface area contributed by atoms with Crippen molar-refractivity contribution >= 4 is 0 Å². The first kappa shape index (κ1) is 7.88. The lowest BCUT2D eigenvalue weighted by Gasteiger charge is -2.16. The van der Waals surface area contributed by atoms with E-state index < -0.39 is 18.6 Å². The van der Waals surface area contributed by atoms with Gasteiger partial charge in [0.25, 0.3) is 0 Å². The second-order valence-corrected chi connectivity index (χ2v) is 2.62. The molecule has 1 aliphatic heterocycles. The summed E-state index contributed by atoms with van der Waals surface area (Å²) in [6, 6.07) is 0. The first-order valence-corrected chi connectivity index (χ1v) is 3.31. The maximum absolute atomic E-state index is 12.4. The van der Waals surface area contributed by atoms with Gasteiger partial charge in [-0.25, -0.2) is 8.78 Å². The molecule has 1 rings (SSSR count). The topological polar surface area (TPSA) is 23.5 Å². The molecule has 10 heavy (non-hydrogen) atoms. The SMILES string of the molecule is C[C@H](O)N1C[C@@H](F)[C@H](F)C1. The average molecular weight is 151 g/mol. The summed E-state index contributed by atoms with van der Waals surface area (Å²) in [4.78, 5) is 1.37. The van der Waals surface area contributed by atoms with Crippen LogP contribution in [0, 0.1) is 0 Å². The summed E-state index contributed by atoms with van der Waals surface area (Å²) in [5.74, 6) is 0. The number of aliphatic hydroxyl groups is 1. The van der Waals surface area contributed by atoms with Crippen LogP contribution in [0.3, 0.4) is 0 Å². The summed E-state index contributed by atoms with van der Waals surface area (Å²) < 4.78 is 24.8. The van der Waals surface area contributed by atoms with Gasteiger partial charge in [-0.3, -0.25) is 4.90 Å². The molecular weight excluding hydrogens is 140 g/mol. The van der Waals surface area contributed by atoms with Crippen LogP contribution in [0.15, 0.2) is 0 Å². The van der Waals surface area contributed by atoms with Gasteiger partial charge in [0.15, 0.2) is 0 Å². The molecule has 0 bridgehead atoms. The van der Waals surface area contributed by atoms with Crippen LogP contribution in [0.1, 0.15) is 6.92 Å². The van der Waals surface area contributed by atoms with Gasteiger partial charge in [0.2, 0.25) is 0 Å². The molecule has 3 atom stereocenters. The number of hydrogen-bond donors (Lipinski definition) is 1. The Morgan fingerprint density at radius 1 is 1.40 bits per heavy atom. The van der Waals surface area contributed by atoms with Crippen LogP contribution in [0.2, 0.25) is 0 Å². The van der Waals surface area contributed by atoms with Gasteiger partial charge in [-0.05, 0) is 6.92 Å². The molecule has 0 aromatic carbocycles. The Bertz CT molecular complexity index is 110. The third-order valence-electron chi connectivity index (χ3n) is 1.74. The van der Waals surface area contributed by atoms with Gasteiger partial charge in [-0.1, -0.05) is 0 Å². The molecular formula is C6H11F2NO. The Balaban J connectivity index is 2.41. The minimum Gasteiger partial charge on any atom is -0.379 e. The summed E-state index contributed by atoms with van der Waals surface area (Å²) in [5.41, 5.74) is 0. The normalized spacial score (nSPS) is 38.4. The average Bonchev–Trinajstić information content (AvgIpc) is 2.13. The summed E-state index contributed by atoms with van der Waals surface area (Å²) in [6.45, 7) is 1.53. The minimum absolute atomic E-state index is 0.0127. The maximum Gasteiger partial charge on any atom is 0.145 e. The molecule has 0 saturated carbocycles. The second-order valence-electron chi connectivity index (χ2n) is 2.62. The molecule has 0 aromatic rings. The van der Waals surface area contributed by atoms with Crippen LogP contribution >= 0.6 is 0 Å². The lowest BCUT2D eigenvalue weighted by atomic mass is 10.3. The molecule has 1 saturated heterocycles. The highest BCUT2D eigenvalue weighted by atomic mass is 19.2. The molecule has 0 spiro atoms. The Hall–Kier alpha value is -0.220. The molecule has 2 nitrogen and oxygen atoms in total. The number of alkyl halides is 2. The summed E-state index contributed by atoms with van der Waals surface area (Å²) >= 11 is 0.